The molecule has 1 saturated carbocycles. The number of rotatable bonds is 3. The molecule has 0 bridgehead atoms. The first-order chi connectivity index (χ1) is 8.05. The fraction of sp³-hybridized carbons (Fsp3) is 0.933. The number of hydrogen-bond donors (Lipinski definition) is 0. The number of piperidine rings is 1. The van der Waals surface area contributed by atoms with Crippen molar-refractivity contribution in [2.24, 2.45) is 10.8 Å². The van der Waals surface area contributed by atoms with Crippen LogP contribution in [0.3, 0.4) is 0 Å². The molecule has 0 aromatic rings. The van der Waals surface area contributed by atoms with E-state index in [1.807, 2.05) is 0 Å². The van der Waals surface area contributed by atoms with E-state index in [4.69, 9.17) is 0 Å². The minimum absolute atomic E-state index is 0.000265. The fourth-order valence-electron chi connectivity index (χ4n) is 3.33. The summed E-state index contributed by atoms with van der Waals surface area (Å²) in [5, 5.41) is 0. The number of likely N-dealkylation sites (tertiary alicyclic amines) is 1. The highest BCUT2D eigenvalue weighted by Crippen LogP contribution is 2.37. The lowest BCUT2D eigenvalue weighted by atomic mass is 9.74. The van der Waals surface area contributed by atoms with Gasteiger partial charge in [0.1, 0.15) is 6.29 Å². The van der Waals surface area contributed by atoms with Crippen LogP contribution in [0.25, 0.3) is 0 Å². The van der Waals surface area contributed by atoms with Crippen molar-refractivity contribution in [1.29, 1.82) is 0 Å². The van der Waals surface area contributed by atoms with E-state index in [1.165, 1.54) is 51.5 Å². The number of aldehydes is 1. The molecule has 0 N–H and O–H groups in total. The molecule has 0 atom stereocenters. The van der Waals surface area contributed by atoms with Crippen molar-refractivity contribution in [2.45, 2.75) is 58.8 Å². The highest BCUT2D eigenvalue weighted by molar-refractivity contribution is 5.60. The van der Waals surface area contributed by atoms with Crippen molar-refractivity contribution in [3.63, 3.8) is 0 Å². The lowest BCUT2D eigenvalue weighted by molar-refractivity contribution is -0.119. The van der Waals surface area contributed by atoms with Crippen LogP contribution in [0, 0.1) is 10.8 Å². The van der Waals surface area contributed by atoms with Crippen molar-refractivity contribution in [3.05, 3.63) is 0 Å². The van der Waals surface area contributed by atoms with Crippen LogP contribution in [-0.4, -0.2) is 30.8 Å². The van der Waals surface area contributed by atoms with Gasteiger partial charge < -0.3 is 9.69 Å². The van der Waals surface area contributed by atoms with Crippen molar-refractivity contribution < 1.29 is 4.79 Å². The van der Waals surface area contributed by atoms with Crippen LogP contribution >= 0.6 is 0 Å². The molecular weight excluding hydrogens is 210 g/mol. The molecule has 2 heteroatoms. The topological polar surface area (TPSA) is 20.3 Å². The molecule has 2 fully saturated rings. The van der Waals surface area contributed by atoms with Gasteiger partial charge in [0.25, 0.3) is 0 Å². The third-order valence-electron chi connectivity index (χ3n) is 4.85. The normalized spacial score (nSPS) is 28.8. The van der Waals surface area contributed by atoms with Crippen LogP contribution < -0.4 is 0 Å². The van der Waals surface area contributed by atoms with Crippen molar-refractivity contribution >= 4 is 6.29 Å². The smallest absolute Gasteiger partial charge is 0.127 e. The fourth-order valence-corrected chi connectivity index (χ4v) is 3.33. The van der Waals surface area contributed by atoms with Crippen molar-refractivity contribution in [2.75, 3.05) is 19.6 Å². The third-order valence-corrected chi connectivity index (χ3v) is 4.85. The molecule has 0 aromatic heterocycles. The molecule has 1 saturated heterocycles. The molecule has 98 valence electrons. The van der Waals surface area contributed by atoms with Crippen LogP contribution in [0.15, 0.2) is 0 Å². The second-order valence-corrected chi connectivity index (χ2v) is 6.98. The van der Waals surface area contributed by atoms with Gasteiger partial charge in [-0.2, -0.15) is 0 Å². The van der Waals surface area contributed by atoms with Gasteiger partial charge in [0.2, 0.25) is 0 Å². The van der Waals surface area contributed by atoms with Gasteiger partial charge in [-0.3, -0.25) is 0 Å². The number of carbonyl (C=O) groups excluding carboxylic acids is 1. The second-order valence-electron chi connectivity index (χ2n) is 6.98. The summed E-state index contributed by atoms with van der Waals surface area (Å²) >= 11 is 0. The molecule has 0 unspecified atom stereocenters. The molecule has 1 heterocycles. The first-order valence-electron chi connectivity index (χ1n) is 7.24. The number of hydrogen-bond acceptors (Lipinski definition) is 2. The highest BCUT2D eigenvalue weighted by atomic mass is 16.1. The maximum absolute atomic E-state index is 11.5. The summed E-state index contributed by atoms with van der Waals surface area (Å²) in [5.41, 5.74) is 0.511. The molecule has 0 amide bonds. The Kier molecular flexibility index (Phi) is 3.92. The summed E-state index contributed by atoms with van der Waals surface area (Å²) in [6.45, 7) is 8.11. The van der Waals surface area contributed by atoms with Gasteiger partial charge in [0.15, 0.2) is 0 Å². The predicted molar refractivity (Wildman–Crippen MR) is 71.0 cm³/mol. The molecule has 2 rings (SSSR count). The number of carbonyl (C=O) groups is 1. The average molecular weight is 237 g/mol. The standard InChI is InChI=1S/C15H27NO/c1-14(2)8-10-16(11-9-14)12-15(13-17)6-4-3-5-7-15/h13H,3-12H2,1-2H3. The van der Waals surface area contributed by atoms with E-state index >= 15 is 0 Å². The van der Waals surface area contributed by atoms with Gasteiger partial charge in [-0.1, -0.05) is 33.1 Å². The molecule has 17 heavy (non-hydrogen) atoms. The van der Waals surface area contributed by atoms with Crippen LogP contribution in [0.1, 0.15) is 58.8 Å². The van der Waals surface area contributed by atoms with E-state index in [0.29, 0.717) is 5.41 Å². The van der Waals surface area contributed by atoms with Gasteiger partial charge in [-0.05, 0) is 44.2 Å². The Morgan fingerprint density at radius 1 is 1.00 bits per heavy atom. The van der Waals surface area contributed by atoms with Gasteiger partial charge >= 0.3 is 0 Å². The zero-order valence-corrected chi connectivity index (χ0v) is 11.5. The lowest BCUT2D eigenvalue weighted by Gasteiger charge is -2.42. The van der Waals surface area contributed by atoms with Crippen LogP contribution in [0.2, 0.25) is 0 Å². The van der Waals surface area contributed by atoms with Gasteiger partial charge in [-0.25, -0.2) is 0 Å². The first-order valence-corrected chi connectivity index (χ1v) is 7.24. The Morgan fingerprint density at radius 3 is 2.12 bits per heavy atom. The van der Waals surface area contributed by atoms with Crippen molar-refractivity contribution in [3.8, 4) is 0 Å². The summed E-state index contributed by atoms with van der Waals surface area (Å²) in [4.78, 5) is 14.0. The van der Waals surface area contributed by atoms with E-state index in [2.05, 4.69) is 18.7 Å². The van der Waals surface area contributed by atoms with Gasteiger partial charge in [0, 0.05) is 12.0 Å². The molecule has 2 aliphatic rings. The predicted octanol–water partition coefficient (Wildman–Crippen LogP) is 3.26. The van der Waals surface area contributed by atoms with E-state index in [-0.39, 0.29) is 5.41 Å². The van der Waals surface area contributed by atoms with Gasteiger partial charge in [0.05, 0.1) is 0 Å². The molecule has 2 nitrogen and oxygen atoms in total. The SMILES string of the molecule is CC1(C)CCN(CC2(C=O)CCCCC2)CC1. The Bertz CT molecular complexity index is 256. The summed E-state index contributed by atoms with van der Waals surface area (Å²) in [6, 6.07) is 0. The van der Waals surface area contributed by atoms with Crippen LogP contribution in [0.5, 0.6) is 0 Å². The summed E-state index contributed by atoms with van der Waals surface area (Å²) in [7, 11) is 0. The second kappa shape index (κ2) is 5.09. The highest BCUT2D eigenvalue weighted by Gasteiger charge is 2.35. The lowest BCUT2D eigenvalue weighted by Crippen LogP contribution is -2.45. The molecule has 0 spiro atoms. The van der Waals surface area contributed by atoms with Crippen LogP contribution in [0.4, 0.5) is 0 Å². The number of nitrogens with zero attached hydrogens (tertiary/aromatic N) is 1. The molecule has 0 aromatic carbocycles. The summed E-state index contributed by atoms with van der Waals surface area (Å²) in [6.07, 6.45) is 9.89. The largest absolute Gasteiger partial charge is 0.303 e. The zero-order chi connectivity index (χ0) is 12.4. The monoisotopic (exact) mass is 237 g/mol. The van der Waals surface area contributed by atoms with E-state index < -0.39 is 0 Å². The van der Waals surface area contributed by atoms with E-state index in [1.54, 1.807) is 0 Å². The van der Waals surface area contributed by atoms with Gasteiger partial charge in [-0.15, -0.1) is 0 Å². The Labute approximate surface area is 106 Å². The average Bonchev–Trinajstić information content (AvgIpc) is 2.33. The van der Waals surface area contributed by atoms with E-state index in [0.717, 1.165) is 19.4 Å². The Hall–Kier alpha value is -0.370. The van der Waals surface area contributed by atoms with Crippen LogP contribution in [-0.2, 0) is 4.79 Å². The minimum Gasteiger partial charge on any atom is -0.303 e. The zero-order valence-electron chi connectivity index (χ0n) is 11.5. The molecule has 0 radical (unpaired) electrons. The summed E-state index contributed by atoms with van der Waals surface area (Å²) in [5.74, 6) is 0. The molecule has 1 aliphatic heterocycles. The van der Waals surface area contributed by atoms with E-state index in [9.17, 15) is 4.79 Å². The molecular formula is C15H27NO. The maximum Gasteiger partial charge on any atom is 0.127 e. The molecule has 1 aliphatic carbocycles. The third kappa shape index (κ3) is 3.31. The quantitative estimate of drug-likeness (QED) is 0.702. The Morgan fingerprint density at radius 2 is 1.59 bits per heavy atom. The Balaban J connectivity index is 1.89. The first kappa shape index (κ1) is 13.1. The maximum atomic E-state index is 11.5. The summed E-state index contributed by atoms with van der Waals surface area (Å²) < 4.78 is 0. The minimum atomic E-state index is -0.000265. The van der Waals surface area contributed by atoms with Crippen molar-refractivity contribution in [1.82, 2.24) is 4.90 Å².